The predicted molar refractivity (Wildman–Crippen MR) is 118 cm³/mol. The molecule has 2 aromatic carbocycles. The Hall–Kier alpha value is -3.08. The minimum atomic E-state index is -0.0480. The zero-order chi connectivity index (χ0) is 20.2. The van der Waals surface area contributed by atoms with E-state index in [2.05, 4.69) is 23.2 Å². The van der Waals surface area contributed by atoms with E-state index < -0.39 is 0 Å². The summed E-state index contributed by atoms with van der Waals surface area (Å²) in [6, 6.07) is 15.7. The third kappa shape index (κ3) is 4.50. The number of fused-ring (bicyclic) bond motifs is 1. The van der Waals surface area contributed by atoms with E-state index in [1.54, 1.807) is 7.11 Å². The van der Waals surface area contributed by atoms with Gasteiger partial charge in [0.05, 0.1) is 19.0 Å². The molecule has 3 aromatic rings. The molecule has 0 aliphatic carbocycles. The van der Waals surface area contributed by atoms with Gasteiger partial charge in [-0.3, -0.25) is 4.79 Å². The average Bonchev–Trinajstić information content (AvgIpc) is 2.74. The molecule has 1 saturated heterocycles. The number of aryl methyl sites for hydroxylation is 1. The van der Waals surface area contributed by atoms with E-state index in [1.165, 1.54) is 24.8 Å². The highest BCUT2D eigenvalue weighted by atomic mass is 16.5. The minimum Gasteiger partial charge on any atom is -0.497 e. The number of rotatable bonds is 5. The summed E-state index contributed by atoms with van der Waals surface area (Å²) in [6.07, 6.45) is 4.08. The van der Waals surface area contributed by atoms with Gasteiger partial charge in [0.1, 0.15) is 11.6 Å². The second-order valence-corrected chi connectivity index (χ2v) is 7.65. The van der Waals surface area contributed by atoms with Crippen LogP contribution in [0.4, 0.5) is 11.5 Å². The number of ether oxygens (including phenoxy) is 1. The molecule has 1 fully saturated rings. The number of aromatic nitrogens is 1. The number of hydrogen-bond donors (Lipinski definition) is 1. The molecule has 0 bridgehead atoms. The third-order valence-corrected chi connectivity index (χ3v) is 5.46. The molecule has 1 aliphatic heterocycles. The number of amides is 1. The lowest BCUT2D eigenvalue weighted by molar-refractivity contribution is -0.115. The maximum Gasteiger partial charge on any atom is 0.228 e. The van der Waals surface area contributed by atoms with Gasteiger partial charge in [0.2, 0.25) is 5.91 Å². The summed E-state index contributed by atoms with van der Waals surface area (Å²) in [4.78, 5) is 19.7. The van der Waals surface area contributed by atoms with Crippen molar-refractivity contribution in [3.63, 3.8) is 0 Å². The van der Waals surface area contributed by atoms with Gasteiger partial charge in [0, 0.05) is 24.2 Å². The van der Waals surface area contributed by atoms with Gasteiger partial charge in [-0.15, -0.1) is 0 Å². The van der Waals surface area contributed by atoms with Crippen molar-refractivity contribution in [3.8, 4) is 5.75 Å². The zero-order valence-electron chi connectivity index (χ0n) is 17.1. The number of carbonyl (C=O) groups is 1. The van der Waals surface area contributed by atoms with Crippen molar-refractivity contribution in [2.75, 3.05) is 30.4 Å². The van der Waals surface area contributed by atoms with Crippen molar-refractivity contribution in [2.45, 2.75) is 32.6 Å². The molecule has 0 spiro atoms. The van der Waals surface area contributed by atoms with Crippen LogP contribution in [0.3, 0.4) is 0 Å². The third-order valence-electron chi connectivity index (χ3n) is 5.46. The highest BCUT2D eigenvalue weighted by Crippen LogP contribution is 2.27. The lowest BCUT2D eigenvalue weighted by Crippen LogP contribution is -2.30. The van der Waals surface area contributed by atoms with Crippen LogP contribution in [0.15, 0.2) is 48.5 Å². The van der Waals surface area contributed by atoms with Crippen LogP contribution >= 0.6 is 0 Å². The number of carbonyl (C=O) groups excluding carboxylic acids is 1. The smallest absolute Gasteiger partial charge is 0.228 e. The van der Waals surface area contributed by atoms with Crippen LogP contribution < -0.4 is 15.0 Å². The van der Waals surface area contributed by atoms with Crippen LogP contribution in [0, 0.1) is 6.92 Å². The molecule has 0 radical (unpaired) electrons. The summed E-state index contributed by atoms with van der Waals surface area (Å²) in [7, 11) is 1.63. The Bertz CT molecular complexity index is 1030. The van der Waals surface area contributed by atoms with Gasteiger partial charge >= 0.3 is 0 Å². The fraction of sp³-hybridized carbons (Fsp3) is 0.333. The fourth-order valence-electron chi connectivity index (χ4n) is 3.91. The zero-order valence-corrected chi connectivity index (χ0v) is 17.1. The first kappa shape index (κ1) is 19.2. The molecule has 4 rings (SSSR count). The average molecular weight is 389 g/mol. The van der Waals surface area contributed by atoms with Crippen molar-refractivity contribution in [1.82, 2.24) is 4.98 Å². The first-order valence-electron chi connectivity index (χ1n) is 10.2. The minimum absolute atomic E-state index is 0.0480. The molecule has 1 amide bonds. The van der Waals surface area contributed by atoms with Crippen molar-refractivity contribution >= 4 is 28.3 Å². The molecule has 0 unspecified atom stereocenters. The van der Waals surface area contributed by atoms with E-state index in [0.29, 0.717) is 6.42 Å². The number of nitrogens with one attached hydrogen (secondary N) is 1. The molecule has 0 atom stereocenters. The molecule has 150 valence electrons. The summed E-state index contributed by atoms with van der Waals surface area (Å²) < 4.78 is 5.23. The molecule has 5 nitrogen and oxygen atoms in total. The van der Waals surface area contributed by atoms with Crippen LogP contribution in [0.25, 0.3) is 10.9 Å². The molecule has 1 aromatic heterocycles. The van der Waals surface area contributed by atoms with Gasteiger partial charge in [-0.1, -0.05) is 12.1 Å². The second-order valence-electron chi connectivity index (χ2n) is 7.65. The van der Waals surface area contributed by atoms with E-state index in [0.717, 1.165) is 46.8 Å². The summed E-state index contributed by atoms with van der Waals surface area (Å²) in [5.41, 5.74) is 3.86. The van der Waals surface area contributed by atoms with Crippen LogP contribution in [-0.2, 0) is 11.2 Å². The van der Waals surface area contributed by atoms with Gasteiger partial charge in [0.25, 0.3) is 0 Å². The summed E-state index contributed by atoms with van der Waals surface area (Å²) in [5.74, 6) is 1.77. The molecule has 0 saturated carbocycles. The molecular formula is C24H27N3O2. The van der Waals surface area contributed by atoms with Gasteiger partial charge in [-0.2, -0.15) is 0 Å². The standard InChI is InChI=1S/C24H27N3O2/c1-17-13-23(27-11-4-3-5-12-27)26-22-10-9-19(16-21(17)22)25-24(28)15-18-7-6-8-20(14-18)29-2/h6-10,13-14,16H,3-5,11-12,15H2,1-2H3,(H,25,28). The van der Waals surface area contributed by atoms with E-state index in [4.69, 9.17) is 9.72 Å². The molecule has 1 N–H and O–H groups in total. The van der Waals surface area contributed by atoms with Crippen molar-refractivity contribution in [1.29, 1.82) is 0 Å². The highest BCUT2D eigenvalue weighted by Gasteiger charge is 2.14. The molecule has 1 aliphatic rings. The maximum atomic E-state index is 12.5. The Kier molecular flexibility index (Phi) is 5.65. The maximum absolute atomic E-state index is 12.5. The number of benzene rings is 2. The number of piperidine rings is 1. The van der Waals surface area contributed by atoms with Crippen molar-refractivity contribution < 1.29 is 9.53 Å². The summed E-state index contributed by atoms with van der Waals surface area (Å²) in [5, 5.41) is 4.08. The first-order chi connectivity index (χ1) is 14.1. The van der Waals surface area contributed by atoms with Crippen molar-refractivity contribution in [3.05, 3.63) is 59.7 Å². The van der Waals surface area contributed by atoms with Crippen LogP contribution in [0.1, 0.15) is 30.4 Å². The fourth-order valence-corrected chi connectivity index (χ4v) is 3.91. The van der Waals surface area contributed by atoms with Crippen molar-refractivity contribution in [2.24, 2.45) is 0 Å². The lowest BCUT2D eigenvalue weighted by Gasteiger charge is -2.28. The monoisotopic (exact) mass is 389 g/mol. The first-order valence-corrected chi connectivity index (χ1v) is 10.2. The van der Waals surface area contributed by atoms with Gasteiger partial charge in [0.15, 0.2) is 0 Å². The van der Waals surface area contributed by atoms with E-state index in [-0.39, 0.29) is 5.91 Å². The Labute approximate surface area is 171 Å². The number of hydrogen-bond acceptors (Lipinski definition) is 4. The molecule has 5 heteroatoms. The SMILES string of the molecule is COc1cccc(CC(=O)Nc2ccc3nc(N4CCCCC4)cc(C)c3c2)c1. The normalized spacial score (nSPS) is 14.1. The highest BCUT2D eigenvalue weighted by molar-refractivity contribution is 5.95. The Morgan fingerprint density at radius 3 is 2.72 bits per heavy atom. The molecular weight excluding hydrogens is 362 g/mol. The van der Waals surface area contributed by atoms with Gasteiger partial charge < -0.3 is 15.0 Å². The van der Waals surface area contributed by atoms with Crippen LogP contribution in [-0.4, -0.2) is 31.1 Å². The molecule has 29 heavy (non-hydrogen) atoms. The quantitative estimate of drug-likeness (QED) is 0.686. The van der Waals surface area contributed by atoms with Crippen LogP contribution in [0.5, 0.6) is 5.75 Å². The topological polar surface area (TPSA) is 54.5 Å². The summed E-state index contributed by atoms with van der Waals surface area (Å²) in [6.45, 7) is 4.27. The summed E-state index contributed by atoms with van der Waals surface area (Å²) >= 11 is 0. The number of methoxy groups -OCH3 is 1. The second kappa shape index (κ2) is 8.52. The van der Waals surface area contributed by atoms with Crippen LogP contribution in [0.2, 0.25) is 0 Å². The Balaban J connectivity index is 1.50. The lowest BCUT2D eigenvalue weighted by atomic mass is 10.1. The van der Waals surface area contributed by atoms with E-state index >= 15 is 0 Å². The predicted octanol–water partition coefficient (Wildman–Crippen LogP) is 4.72. The Morgan fingerprint density at radius 1 is 1.10 bits per heavy atom. The van der Waals surface area contributed by atoms with Gasteiger partial charge in [-0.05, 0) is 73.7 Å². The number of pyridine rings is 1. The number of anilines is 2. The van der Waals surface area contributed by atoms with Gasteiger partial charge in [-0.25, -0.2) is 4.98 Å². The number of nitrogens with zero attached hydrogens (tertiary/aromatic N) is 2. The van der Waals surface area contributed by atoms with E-state index in [1.807, 2.05) is 42.5 Å². The molecule has 2 heterocycles. The van der Waals surface area contributed by atoms with E-state index in [9.17, 15) is 4.79 Å². The Morgan fingerprint density at radius 2 is 1.93 bits per heavy atom. The largest absolute Gasteiger partial charge is 0.497 e.